The summed E-state index contributed by atoms with van der Waals surface area (Å²) in [5.74, 6) is 2.32. The summed E-state index contributed by atoms with van der Waals surface area (Å²) < 4.78 is 2.06. The van der Waals surface area contributed by atoms with E-state index in [0.29, 0.717) is 0 Å². The van der Waals surface area contributed by atoms with Gasteiger partial charge in [0.2, 0.25) is 0 Å². The third kappa shape index (κ3) is 3.41. The third-order valence-electron chi connectivity index (χ3n) is 3.33. The van der Waals surface area contributed by atoms with Gasteiger partial charge in [-0.2, -0.15) is 16.9 Å². The van der Waals surface area contributed by atoms with Crippen molar-refractivity contribution in [2.24, 2.45) is 0 Å². The topological polar surface area (TPSA) is 17.8 Å². The lowest BCUT2D eigenvalue weighted by Gasteiger charge is -2.05. The summed E-state index contributed by atoms with van der Waals surface area (Å²) >= 11 is 2.01. The summed E-state index contributed by atoms with van der Waals surface area (Å²) in [4.78, 5) is 0. The maximum atomic E-state index is 4.68. The SMILES string of the molecule is CCCCSCc1c(C)nn(-c2ccccc2)c1C. The van der Waals surface area contributed by atoms with Crippen molar-refractivity contribution in [2.45, 2.75) is 39.4 Å². The van der Waals surface area contributed by atoms with Gasteiger partial charge in [-0.15, -0.1) is 0 Å². The lowest BCUT2D eigenvalue weighted by atomic mass is 10.2. The zero-order valence-corrected chi connectivity index (χ0v) is 12.8. The van der Waals surface area contributed by atoms with Gasteiger partial charge < -0.3 is 0 Å². The van der Waals surface area contributed by atoms with E-state index in [2.05, 4.69) is 54.8 Å². The minimum Gasteiger partial charge on any atom is -0.238 e. The van der Waals surface area contributed by atoms with Crippen LogP contribution in [0.2, 0.25) is 0 Å². The number of hydrogen-bond donors (Lipinski definition) is 0. The van der Waals surface area contributed by atoms with Gasteiger partial charge in [0.05, 0.1) is 11.4 Å². The minimum absolute atomic E-state index is 1.07. The maximum absolute atomic E-state index is 4.68. The fourth-order valence-corrected chi connectivity index (χ4v) is 3.38. The molecule has 2 aromatic rings. The van der Waals surface area contributed by atoms with Crippen LogP contribution in [0.4, 0.5) is 0 Å². The largest absolute Gasteiger partial charge is 0.238 e. The molecule has 0 atom stereocenters. The molecule has 19 heavy (non-hydrogen) atoms. The first-order valence-electron chi connectivity index (χ1n) is 6.92. The highest BCUT2D eigenvalue weighted by atomic mass is 32.2. The van der Waals surface area contributed by atoms with Gasteiger partial charge in [0.1, 0.15) is 0 Å². The van der Waals surface area contributed by atoms with Crippen molar-refractivity contribution in [1.82, 2.24) is 9.78 Å². The van der Waals surface area contributed by atoms with Gasteiger partial charge in [-0.25, -0.2) is 4.68 Å². The fourth-order valence-electron chi connectivity index (χ4n) is 2.13. The van der Waals surface area contributed by atoms with Gasteiger partial charge >= 0.3 is 0 Å². The number of nitrogens with zero attached hydrogens (tertiary/aromatic N) is 2. The van der Waals surface area contributed by atoms with Crippen LogP contribution in [0.3, 0.4) is 0 Å². The Hall–Kier alpha value is -1.22. The second-order valence-electron chi connectivity index (χ2n) is 4.80. The molecular weight excluding hydrogens is 252 g/mol. The normalized spacial score (nSPS) is 10.9. The molecule has 0 aliphatic heterocycles. The highest BCUT2D eigenvalue weighted by Gasteiger charge is 2.12. The van der Waals surface area contributed by atoms with E-state index in [0.717, 1.165) is 17.1 Å². The lowest BCUT2D eigenvalue weighted by Crippen LogP contribution is -1.98. The van der Waals surface area contributed by atoms with Crippen LogP contribution in [0.15, 0.2) is 30.3 Å². The summed E-state index contributed by atoms with van der Waals surface area (Å²) in [7, 11) is 0. The molecule has 0 N–H and O–H groups in total. The van der Waals surface area contributed by atoms with E-state index >= 15 is 0 Å². The van der Waals surface area contributed by atoms with Crippen molar-refractivity contribution < 1.29 is 0 Å². The second kappa shape index (κ2) is 6.80. The van der Waals surface area contributed by atoms with Gasteiger partial charge in [-0.05, 0) is 38.2 Å². The predicted octanol–water partition coefficient (Wildman–Crippen LogP) is 4.52. The summed E-state index contributed by atoms with van der Waals surface area (Å²) in [5.41, 5.74) is 4.97. The zero-order chi connectivity index (χ0) is 13.7. The van der Waals surface area contributed by atoms with E-state index in [9.17, 15) is 0 Å². The molecule has 3 heteroatoms. The number of aryl methyl sites for hydroxylation is 1. The van der Waals surface area contributed by atoms with Crippen molar-refractivity contribution >= 4 is 11.8 Å². The summed E-state index contributed by atoms with van der Waals surface area (Å²) in [6.45, 7) is 6.52. The number of rotatable bonds is 6. The number of thioether (sulfide) groups is 1. The van der Waals surface area contributed by atoms with Crippen molar-refractivity contribution in [3.05, 3.63) is 47.3 Å². The van der Waals surface area contributed by atoms with Gasteiger partial charge in [0, 0.05) is 17.0 Å². The molecule has 0 aliphatic carbocycles. The Balaban J connectivity index is 2.16. The Bertz CT molecular complexity index is 517. The number of hydrogen-bond acceptors (Lipinski definition) is 2. The first kappa shape index (κ1) is 14.2. The highest BCUT2D eigenvalue weighted by Crippen LogP contribution is 2.22. The molecule has 0 bridgehead atoms. The van der Waals surface area contributed by atoms with Gasteiger partial charge in [0.15, 0.2) is 0 Å². The first-order chi connectivity index (χ1) is 9.24. The molecule has 2 nitrogen and oxygen atoms in total. The van der Waals surface area contributed by atoms with Gasteiger partial charge in [-0.1, -0.05) is 31.5 Å². The smallest absolute Gasteiger partial charge is 0.0648 e. The molecule has 0 saturated heterocycles. The van der Waals surface area contributed by atoms with E-state index in [1.807, 2.05) is 17.8 Å². The van der Waals surface area contributed by atoms with Crippen LogP contribution in [0.1, 0.15) is 36.7 Å². The minimum atomic E-state index is 1.07. The molecule has 0 saturated carbocycles. The van der Waals surface area contributed by atoms with Crippen LogP contribution in [0, 0.1) is 13.8 Å². The molecule has 1 aromatic carbocycles. The fraction of sp³-hybridized carbons (Fsp3) is 0.438. The molecule has 0 fully saturated rings. The van der Waals surface area contributed by atoms with Crippen LogP contribution < -0.4 is 0 Å². The quantitative estimate of drug-likeness (QED) is 0.721. The lowest BCUT2D eigenvalue weighted by molar-refractivity contribution is 0.833. The number of aromatic nitrogens is 2. The molecule has 0 spiro atoms. The molecule has 2 rings (SSSR count). The molecule has 0 amide bonds. The molecule has 1 aromatic heterocycles. The Morgan fingerprint density at radius 1 is 1.16 bits per heavy atom. The average Bonchev–Trinajstić information content (AvgIpc) is 2.72. The van der Waals surface area contributed by atoms with Gasteiger partial charge in [-0.3, -0.25) is 0 Å². The average molecular weight is 274 g/mol. The van der Waals surface area contributed by atoms with Crippen LogP contribution >= 0.6 is 11.8 Å². The second-order valence-corrected chi connectivity index (χ2v) is 5.91. The van der Waals surface area contributed by atoms with E-state index in [1.165, 1.54) is 29.9 Å². The maximum Gasteiger partial charge on any atom is 0.0648 e. The first-order valence-corrected chi connectivity index (χ1v) is 8.07. The van der Waals surface area contributed by atoms with Crippen molar-refractivity contribution in [3.63, 3.8) is 0 Å². The zero-order valence-electron chi connectivity index (χ0n) is 12.0. The number of para-hydroxylation sites is 1. The Kier molecular flexibility index (Phi) is 5.08. The molecule has 1 heterocycles. The summed E-state index contributed by atoms with van der Waals surface area (Å²) in [6, 6.07) is 10.4. The Labute approximate surface area is 120 Å². The van der Waals surface area contributed by atoms with Crippen molar-refractivity contribution in [2.75, 3.05) is 5.75 Å². The van der Waals surface area contributed by atoms with Crippen LogP contribution in [0.5, 0.6) is 0 Å². The monoisotopic (exact) mass is 274 g/mol. The van der Waals surface area contributed by atoms with Crippen LogP contribution in [-0.2, 0) is 5.75 Å². The molecule has 0 aliphatic rings. The summed E-state index contributed by atoms with van der Waals surface area (Å²) in [6.07, 6.45) is 2.57. The van der Waals surface area contributed by atoms with E-state index in [1.54, 1.807) is 0 Å². The number of unbranched alkanes of at least 4 members (excludes halogenated alkanes) is 1. The van der Waals surface area contributed by atoms with Crippen LogP contribution in [0.25, 0.3) is 5.69 Å². The molecular formula is C16H22N2S. The molecule has 102 valence electrons. The third-order valence-corrected chi connectivity index (χ3v) is 4.40. The predicted molar refractivity (Wildman–Crippen MR) is 84.1 cm³/mol. The van der Waals surface area contributed by atoms with E-state index in [4.69, 9.17) is 0 Å². The Morgan fingerprint density at radius 3 is 2.58 bits per heavy atom. The highest BCUT2D eigenvalue weighted by molar-refractivity contribution is 7.98. The van der Waals surface area contributed by atoms with E-state index < -0.39 is 0 Å². The van der Waals surface area contributed by atoms with Crippen LogP contribution in [-0.4, -0.2) is 15.5 Å². The van der Waals surface area contributed by atoms with Gasteiger partial charge in [0.25, 0.3) is 0 Å². The van der Waals surface area contributed by atoms with Crippen molar-refractivity contribution in [1.29, 1.82) is 0 Å². The Morgan fingerprint density at radius 2 is 1.89 bits per heavy atom. The number of benzene rings is 1. The molecule has 0 radical (unpaired) electrons. The summed E-state index contributed by atoms with van der Waals surface area (Å²) in [5, 5.41) is 4.68. The van der Waals surface area contributed by atoms with E-state index in [-0.39, 0.29) is 0 Å². The molecule has 0 unspecified atom stereocenters. The standard InChI is InChI=1S/C16H22N2S/c1-4-5-11-19-12-16-13(2)17-18(14(16)3)15-9-7-6-8-10-15/h6-10H,4-5,11-12H2,1-3H3. The van der Waals surface area contributed by atoms with Crippen molar-refractivity contribution in [3.8, 4) is 5.69 Å².